The van der Waals surface area contributed by atoms with Gasteiger partial charge in [0.1, 0.15) is 0 Å². The summed E-state index contributed by atoms with van der Waals surface area (Å²) in [5.74, 6) is 0.889. The molecule has 0 spiro atoms. The normalized spacial score (nSPS) is 26.3. The smallest absolute Gasteiger partial charge is 0.191 e. The topological polar surface area (TPSA) is 63.5 Å². The average Bonchev–Trinajstić information content (AvgIpc) is 3.17. The summed E-state index contributed by atoms with van der Waals surface area (Å²) in [5, 5.41) is 11.8. The Hall–Kier alpha value is -0.830. The van der Waals surface area contributed by atoms with E-state index in [1.54, 1.807) is 0 Å². The number of aryl methyl sites for hydroxylation is 1. The number of nitrogens with one attached hydrogen (secondary N) is 2. The Bertz CT molecular complexity index is 592. The van der Waals surface area contributed by atoms with Crippen molar-refractivity contribution in [2.24, 2.45) is 10.4 Å². The predicted octanol–water partition coefficient (Wildman–Crippen LogP) is 2.53. The molecule has 1 aromatic rings. The lowest BCUT2D eigenvalue weighted by Gasteiger charge is -2.27. The monoisotopic (exact) mass is 461 g/mol. The molecule has 1 aliphatic carbocycles. The zero-order valence-electron chi connectivity index (χ0n) is 15.8. The molecule has 2 heterocycles. The number of hydrogen-bond donors (Lipinski definition) is 2. The first-order chi connectivity index (χ1) is 11.5. The minimum Gasteiger partial charge on any atom is -0.381 e. The molecule has 7 heteroatoms. The van der Waals surface area contributed by atoms with Crippen molar-refractivity contribution in [1.82, 2.24) is 20.4 Å². The SMILES string of the molecule is CN=C(NCC1(C)CCOC1)NC1CCc2cn(C(C)C)nc2C1.I. The second-order valence-corrected chi connectivity index (χ2v) is 7.80. The Morgan fingerprint density at radius 3 is 2.96 bits per heavy atom. The van der Waals surface area contributed by atoms with Crippen molar-refractivity contribution in [1.29, 1.82) is 0 Å². The third-order valence-electron chi connectivity index (χ3n) is 5.17. The molecule has 6 nitrogen and oxygen atoms in total. The number of rotatable bonds is 4. The van der Waals surface area contributed by atoms with E-state index in [1.165, 1.54) is 11.3 Å². The van der Waals surface area contributed by atoms with Crippen LogP contribution in [0.5, 0.6) is 0 Å². The fourth-order valence-corrected chi connectivity index (χ4v) is 3.43. The lowest BCUT2D eigenvalue weighted by Crippen LogP contribution is -2.48. The molecule has 2 N–H and O–H groups in total. The van der Waals surface area contributed by atoms with Gasteiger partial charge in [-0.05, 0) is 38.7 Å². The van der Waals surface area contributed by atoms with Gasteiger partial charge in [0.25, 0.3) is 0 Å². The number of aromatic nitrogens is 2. The Morgan fingerprint density at radius 2 is 2.32 bits per heavy atom. The molecule has 25 heavy (non-hydrogen) atoms. The van der Waals surface area contributed by atoms with E-state index < -0.39 is 0 Å². The minimum absolute atomic E-state index is 0. The first-order valence-corrected chi connectivity index (χ1v) is 9.11. The van der Waals surface area contributed by atoms with Gasteiger partial charge in [0.05, 0.1) is 12.3 Å². The van der Waals surface area contributed by atoms with E-state index in [1.807, 2.05) is 7.05 Å². The molecular weight excluding hydrogens is 429 g/mol. The summed E-state index contributed by atoms with van der Waals surface area (Å²) in [7, 11) is 1.84. The molecule has 1 saturated heterocycles. The number of halogens is 1. The summed E-state index contributed by atoms with van der Waals surface area (Å²) in [6.07, 6.45) is 6.50. The highest BCUT2D eigenvalue weighted by Crippen LogP contribution is 2.26. The van der Waals surface area contributed by atoms with Crippen LogP contribution in [0.2, 0.25) is 0 Å². The van der Waals surface area contributed by atoms with E-state index in [9.17, 15) is 0 Å². The van der Waals surface area contributed by atoms with Crippen LogP contribution in [-0.4, -0.2) is 48.6 Å². The van der Waals surface area contributed by atoms with E-state index in [2.05, 4.69) is 47.3 Å². The third-order valence-corrected chi connectivity index (χ3v) is 5.17. The Morgan fingerprint density at radius 1 is 1.52 bits per heavy atom. The van der Waals surface area contributed by atoms with E-state index in [0.29, 0.717) is 12.1 Å². The fraction of sp³-hybridized carbons (Fsp3) is 0.778. The molecular formula is C18H32IN5O. The zero-order chi connectivity index (χ0) is 17.2. The first-order valence-electron chi connectivity index (χ1n) is 9.11. The quantitative estimate of drug-likeness (QED) is 0.411. The van der Waals surface area contributed by atoms with Crippen molar-refractivity contribution in [2.75, 3.05) is 26.8 Å². The van der Waals surface area contributed by atoms with Crippen LogP contribution in [0.3, 0.4) is 0 Å². The molecule has 0 amide bonds. The van der Waals surface area contributed by atoms with Crippen molar-refractivity contribution in [3.05, 3.63) is 17.5 Å². The number of ether oxygens (including phenoxy) is 1. The van der Waals surface area contributed by atoms with Gasteiger partial charge in [-0.3, -0.25) is 9.67 Å². The number of nitrogens with zero attached hydrogens (tertiary/aromatic N) is 3. The van der Waals surface area contributed by atoms with Crippen LogP contribution in [0.15, 0.2) is 11.2 Å². The molecule has 0 bridgehead atoms. The summed E-state index contributed by atoms with van der Waals surface area (Å²) in [6.45, 7) is 9.21. The average molecular weight is 461 g/mol. The molecule has 3 rings (SSSR count). The van der Waals surface area contributed by atoms with E-state index >= 15 is 0 Å². The molecule has 1 fully saturated rings. The maximum absolute atomic E-state index is 5.53. The molecule has 2 unspecified atom stereocenters. The summed E-state index contributed by atoms with van der Waals surface area (Å²) >= 11 is 0. The van der Waals surface area contributed by atoms with Gasteiger partial charge in [-0.2, -0.15) is 5.10 Å². The molecule has 1 aliphatic heterocycles. The van der Waals surface area contributed by atoms with Gasteiger partial charge in [0.15, 0.2) is 5.96 Å². The largest absolute Gasteiger partial charge is 0.381 e. The number of fused-ring (bicyclic) bond motifs is 1. The van der Waals surface area contributed by atoms with Crippen molar-refractivity contribution in [3.63, 3.8) is 0 Å². The highest BCUT2D eigenvalue weighted by atomic mass is 127. The standard InChI is InChI=1S/C18H31N5O.HI/c1-13(2)23-10-14-5-6-15(9-16(14)22-23)21-17(19-4)20-11-18(3)7-8-24-12-18;/h10,13,15H,5-9,11-12H2,1-4H3,(H2,19,20,21);1H. The second-order valence-electron chi connectivity index (χ2n) is 7.80. The minimum atomic E-state index is 0. The lowest BCUT2D eigenvalue weighted by molar-refractivity contribution is 0.160. The Balaban J connectivity index is 0.00000225. The van der Waals surface area contributed by atoms with Crippen LogP contribution < -0.4 is 10.6 Å². The summed E-state index contributed by atoms with van der Waals surface area (Å²) in [4.78, 5) is 4.39. The van der Waals surface area contributed by atoms with Crippen LogP contribution >= 0.6 is 24.0 Å². The Kier molecular flexibility index (Phi) is 7.13. The number of hydrogen-bond acceptors (Lipinski definition) is 3. The van der Waals surface area contributed by atoms with Crippen LogP contribution in [0.25, 0.3) is 0 Å². The number of guanidine groups is 1. The van der Waals surface area contributed by atoms with Gasteiger partial charge in [-0.25, -0.2) is 0 Å². The van der Waals surface area contributed by atoms with Gasteiger partial charge in [0, 0.05) is 50.3 Å². The van der Waals surface area contributed by atoms with Crippen LogP contribution in [-0.2, 0) is 17.6 Å². The maximum atomic E-state index is 5.53. The summed E-state index contributed by atoms with van der Waals surface area (Å²) in [5.41, 5.74) is 2.85. The lowest BCUT2D eigenvalue weighted by atomic mass is 9.90. The highest BCUT2D eigenvalue weighted by Gasteiger charge is 2.30. The molecule has 0 radical (unpaired) electrons. The number of aliphatic imine (C=N–C) groups is 1. The molecule has 0 saturated carbocycles. The van der Waals surface area contributed by atoms with Gasteiger partial charge in [0.2, 0.25) is 0 Å². The third kappa shape index (κ3) is 5.09. The van der Waals surface area contributed by atoms with Gasteiger partial charge >= 0.3 is 0 Å². The van der Waals surface area contributed by atoms with Crippen molar-refractivity contribution in [3.8, 4) is 0 Å². The Labute approximate surface area is 168 Å². The highest BCUT2D eigenvalue weighted by molar-refractivity contribution is 14.0. The van der Waals surface area contributed by atoms with Crippen molar-refractivity contribution >= 4 is 29.9 Å². The molecule has 0 aromatic carbocycles. The summed E-state index contributed by atoms with van der Waals surface area (Å²) < 4.78 is 7.61. The van der Waals surface area contributed by atoms with Crippen LogP contribution in [0.4, 0.5) is 0 Å². The zero-order valence-corrected chi connectivity index (χ0v) is 18.2. The van der Waals surface area contributed by atoms with Gasteiger partial charge in [-0.15, -0.1) is 24.0 Å². The van der Waals surface area contributed by atoms with E-state index in [0.717, 1.165) is 51.4 Å². The van der Waals surface area contributed by atoms with Crippen molar-refractivity contribution < 1.29 is 4.74 Å². The molecule has 2 atom stereocenters. The van der Waals surface area contributed by atoms with Crippen molar-refractivity contribution in [2.45, 2.75) is 58.5 Å². The fourth-order valence-electron chi connectivity index (χ4n) is 3.43. The van der Waals surface area contributed by atoms with Gasteiger partial charge in [-0.1, -0.05) is 6.92 Å². The van der Waals surface area contributed by atoms with E-state index in [-0.39, 0.29) is 29.4 Å². The second kappa shape index (κ2) is 8.70. The van der Waals surface area contributed by atoms with Gasteiger partial charge < -0.3 is 15.4 Å². The van der Waals surface area contributed by atoms with Crippen LogP contribution in [0, 0.1) is 5.41 Å². The van der Waals surface area contributed by atoms with Crippen LogP contribution in [0.1, 0.15) is 50.9 Å². The molecule has 2 aliphatic rings. The maximum Gasteiger partial charge on any atom is 0.191 e. The molecule has 1 aromatic heterocycles. The molecule has 142 valence electrons. The summed E-state index contributed by atoms with van der Waals surface area (Å²) in [6, 6.07) is 0.817. The predicted molar refractivity (Wildman–Crippen MR) is 112 cm³/mol. The first kappa shape index (κ1) is 20.5. The van der Waals surface area contributed by atoms with E-state index in [4.69, 9.17) is 9.84 Å².